The Morgan fingerprint density at radius 1 is 0.919 bits per heavy atom. The first kappa shape index (κ1) is 43.1. The Morgan fingerprint density at radius 3 is 2.40 bits per heavy atom. The number of carbonyl (C=O) groups is 3. The lowest BCUT2D eigenvalue weighted by Crippen LogP contribution is -2.49. The molecular weight excluding hydrogens is 820 g/mol. The number of hydrogen-bond donors (Lipinski definition) is 1. The molecule has 2 fully saturated rings. The Bertz CT molecular complexity index is 2450. The van der Waals surface area contributed by atoms with Crippen LogP contribution in [0.2, 0.25) is 0 Å². The van der Waals surface area contributed by atoms with Crippen molar-refractivity contribution in [3.05, 3.63) is 101 Å². The van der Waals surface area contributed by atoms with Crippen LogP contribution in [-0.4, -0.2) is 77.7 Å². The van der Waals surface area contributed by atoms with Crippen LogP contribution in [0, 0.1) is 11.3 Å². The summed E-state index contributed by atoms with van der Waals surface area (Å²) >= 11 is 1.38. The molecule has 62 heavy (non-hydrogen) atoms. The van der Waals surface area contributed by atoms with Crippen LogP contribution in [-0.2, 0) is 33.4 Å². The van der Waals surface area contributed by atoms with Gasteiger partial charge in [-0.05, 0) is 143 Å². The lowest BCUT2D eigenvalue weighted by Gasteiger charge is -2.52. The molecule has 326 valence electrons. The first-order valence-electron chi connectivity index (χ1n) is 21.1. The van der Waals surface area contributed by atoms with Crippen LogP contribution in [0.25, 0.3) is 21.3 Å². The van der Waals surface area contributed by atoms with Crippen molar-refractivity contribution in [3.8, 4) is 16.9 Å². The first-order chi connectivity index (χ1) is 29.6. The van der Waals surface area contributed by atoms with E-state index in [9.17, 15) is 27.6 Å². The van der Waals surface area contributed by atoms with E-state index in [1.165, 1.54) is 29.5 Å². The highest BCUT2D eigenvalue weighted by molar-refractivity contribution is 7.22. The Labute approximate surface area is 362 Å². The summed E-state index contributed by atoms with van der Waals surface area (Å²) in [6, 6.07) is 20.1. The molecule has 1 aliphatic carbocycles. The number of nitrogens with zero attached hydrogens (tertiary/aromatic N) is 4. The zero-order valence-corrected chi connectivity index (χ0v) is 36.1. The van der Waals surface area contributed by atoms with Gasteiger partial charge in [-0.25, -0.2) is 14.8 Å². The number of para-hydroxylation sites is 1. The fourth-order valence-electron chi connectivity index (χ4n) is 8.97. The quantitative estimate of drug-likeness (QED) is 0.129. The minimum atomic E-state index is -4.78. The number of anilines is 2. The summed E-state index contributed by atoms with van der Waals surface area (Å²) in [5, 5.41) is 3.42. The number of piperidine rings is 1. The van der Waals surface area contributed by atoms with Crippen LogP contribution >= 0.6 is 11.3 Å². The number of halogens is 3. The summed E-state index contributed by atoms with van der Waals surface area (Å²) in [5.41, 5.74) is 0.797. The van der Waals surface area contributed by atoms with Gasteiger partial charge in [0.15, 0.2) is 10.8 Å². The number of hydrogen-bond acceptors (Lipinski definition) is 11. The molecule has 15 heteroatoms. The van der Waals surface area contributed by atoms with Crippen molar-refractivity contribution >= 4 is 50.3 Å². The molecule has 1 amide bonds. The van der Waals surface area contributed by atoms with Crippen molar-refractivity contribution in [1.82, 2.24) is 14.9 Å². The lowest BCUT2D eigenvalue weighted by atomic mass is 9.58. The number of benzene rings is 3. The fraction of sp³-hybridized carbons (Fsp3) is 0.426. The summed E-state index contributed by atoms with van der Waals surface area (Å²) in [6.07, 6.45) is -0.461. The second-order valence-corrected chi connectivity index (χ2v) is 18.5. The van der Waals surface area contributed by atoms with Gasteiger partial charge in [-0.2, -0.15) is 13.2 Å². The van der Waals surface area contributed by atoms with Gasteiger partial charge in [0.1, 0.15) is 17.2 Å². The predicted molar refractivity (Wildman–Crippen MR) is 232 cm³/mol. The minimum Gasteiger partial charge on any atom is -0.493 e. The minimum absolute atomic E-state index is 0.0228. The lowest BCUT2D eigenvalue weighted by molar-refractivity contribution is -0.145. The molecule has 0 bridgehead atoms. The molecule has 0 unspecified atom stereocenters. The van der Waals surface area contributed by atoms with Gasteiger partial charge in [-0.3, -0.25) is 19.8 Å². The Morgan fingerprint density at radius 2 is 1.68 bits per heavy atom. The van der Waals surface area contributed by atoms with Gasteiger partial charge in [0.25, 0.3) is 5.91 Å². The average Bonchev–Trinajstić information content (AvgIpc) is 3.63. The highest BCUT2D eigenvalue weighted by atomic mass is 32.1. The molecule has 1 saturated heterocycles. The molecule has 0 radical (unpaired) electrons. The van der Waals surface area contributed by atoms with Crippen molar-refractivity contribution in [2.45, 2.75) is 78.1 Å². The summed E-state index contributed by atoms with van der Waals surface area (Å²) in [4.78, 5) is 52.7. The number of likely N-dealkylation sites (tertiary alicyclic amines) is 1. The number of rotatable bonds is 11. The summed E-state index contributed by atoms with van der Waals surface area (Å²) in [6.45, 7) is 10.2. The van der Waals surface area contributed by atoms with Crippen LogP contribution in [0.15, 0.2) is 72.8 Å². The normalized spacial score (nSPS) is 16.7. The molecule has 3 aliphatic rings. The molecule has 4 heterocycles. The third-order valence-corrected chi connectivity index (χ3v) is 12.9. The van der Waals surface area contributed by atoms with Crippen LogP contribution in [0.1, 0.15) is 90.9 Å². The van der Waals surface area contributed by atoms with Gasteiger partial charge in [-0.1, -0.05) is 41.7 Å². The third-order valence-electron chi connectivity index (χ3n) is 11.9. The topological polar surface area (TPSA) is 123 Å². The number of pyridine rings is 1. The van der Waals surface area contributed by atoms with Crippen LogP contribution in [0.3, 0.4) is 0 Å². The molecule has 2 aliphatic heterocycles. The zero-order chi connectivity index (χ0) is 43.8. The van der Waals surface area contributed by atoms with E-state index in [0.717, 1.165) is 66.2 Å². The number of alkyl halides is 3. The monoisotopic (exact) mass is 869 g/mol. The molecule has 1 spiro atoms. The van der Waals surface area contributed by atoms with Gasteiger partial charge in [0, 0.05) is 24.2 Å². The van der Waals surface area contributed by atoms with E-state index in [1.54, 1.807) is 39.8 Å². The molecule has 5 aromatic rings. The van der Waals surface area contributed by atoms with Gasteiger partial charge in [0.05, 0.1) is 35.5 Å². The summed E-state index contributed by atoms with van der Waals surface area (Å²) < 4.78 is 62.5. The van der Waals surface area contributed by atoms with Crippen LogP contribution in [0.5, 0.6) is 5.75 Å². The van der Waals surface area contributed by atoms with Crippen LogP contribution in [0.4, 0.5) is 24.1 Å². The molecule has 0 atom stereocenters. The number of esters is 2. The molecule has 1 N–H and O–H groups in total. The SMILES string of the molecule is CCOC(=O)CN1CCC2(CC1)CC(COc1ccc(-c3ccc(N4CCc5cccc(C(=O)Nc6nc7ccccc7s6)c5C4)nc3C(=O)OC(C)(C)C)c(C(F)(F)F)c1)C2. The van der Waals surface area contributed by atoms with Gasteiger partial charge in [-0.15, -0.1) is 0 Å². The van der Waals surface area contributed by atoms with E-state index in [0.29, 0.717) is 36.1 Å². The van der Waals surface area contributed by atoms with Gasteiger partial charge in [0.2, 0.25) is 0 Å². The van der Waals surface area contributed by atoms with E-state index in [1.807, 2.05) is 41.3 Å². The standard InChI is InChI=1S/C47H50F3N5O6S/c1-5-59-40(56)27-54-21-18-46(19-22-54)24-29(25-46)28-60-31-13-14-32(36(23-31)47(48,49)50)33-15-16-39(52-41(33)43(58)61-45(2,3)4)55-20-17-30-9-8-10-34(35(30)26-55)42(57)53-44-51-37-11-6-7-12-38(37)62-44/h6-16,23,29H,5,17-22,24-28H2,1-4H3,(H,51,53,57). The van der Waals surface area contributed by atoms with Crippen molar-refractivity contribution in [1.29, 1.82) is 0 Å². The maximum Gasteiger partial charge on any atom is 0.417 e. The fourth-order valence-corrected chi connectivity index (χ4v) is 9.83. The van der Waals surface area contributed by atoms with Crippen molar-refractivity contribution in [2.24, 2.45) is 11.3 Å². The Hall–Kier alpha value is -5.54. The molecular formula is C47H50F3N5O6S. The van der Waals surface area contributed by atoms with Crippen molar-refractivity contribution < 1.29 is 41.8 Å². The summed E-state index contributed by atoms with van der Waals surface area (Å²) in [7, 11) is 0. The van der Waals surface area contributed by atoms with Crippen molar-refractivity contribution in [2.75, 3.05) is 49.6 Å². The molecule has 8 rings (SSSR count). The van der Waals surface area contributed by atoms with E-state index < -0.39 is 23.3 Å². The zero-order valence-electron chi connectivity index (χ0n) is 35.3. The maximum absolute atomic E-state index is 14.9. The average molecular weight is 870 g/mol. The number of amides is 1. The van der Waals surface area contributed by atoms with E-state index >= 15 is 0 Å². The summed E-state index contributed by atoms with van der Waals surface area (Å²) in [5.74, 6) is -0.730. The molecule has 3 aromatic carbocycles. The number of carbonyl (C=O) groups excluding carboxylic acids is 3. The Kier molecular flexibility index (Phi) is 12.0. The maximum atomic E-state index is 14.9. The Balaban J connectivity index is 1.00. The second-order valence-electron chi connectivity index (χ2n) is 17.5. The molecule has 1 saturated carbocycles. The number of fused-ring (bicyclic) bond motifs is 2. The number of thiazole rings is 1. The predicted octanol–water partition coefficient (Wildman–Crippen LogP) is 9.58. The second kappa shape index (κ2) is 17.3. The van der Waals surface area contributed by atoms with Gasteiger partial charge >= 0.3 is 18.1 Å². The highest BCUT2D eigenvalue weighted by Gasteiger charge is 2.46. The highest BCUT2D eigenvalue weighted by Crippen LogP contribution is 2.53. The van der Waals surface area contributed by atoms with Crippen molar-refractivity contribution in [3.63, 3.8) is 0 Å². The van der Waals surface area contributed by atoms with E-state index in [4.69, 9.17) is 19.2 Å². The van der Waals surface area contributed by atoms with E-state index in [2.05, 4.69) is 15.2 Å². The number of ether oxygens (including phenoxy) is 3. The van der Waals surface area contributed by atoms with Crippen LogP contribution < -0.4 is 15.0 Å². The number of aromatic nitrogens is 2. The smallest absolute Gasteiger partial charge is 0.417 e. The number of nitrogens with one attached hydrogen (secondary N) is 1. The largest absolute Gasteiger partial charge is 0.493 e. The first-order valence-corrected chi connectivity index (χ1v) is 21.9. The molecule has 2 aromatic heterocycles. The third kappa shape index (κ3) is 9.58. The van der Waals surface area contributed by atoms with E-state index in [-0.39, 0.29) is 65.5 Å². The molecule has 11 nitrogen and oxygen atoms in total. The van der Waals surface area contributed by atoms with Gasteiger partial charge < -0.3 is 19.1 Å².